The quantitative estimate of drug-likeness (QED) is 0.818. The standard InChI is InChI=1S/C12H17BrFNO/c1-2-5-16-8-11(15)7-9-6-10(13)3-4-12(9)14/h3-4,6,11H,2,5,7-8,15H2,1H3. The molecule has 2 nitrogen and oxygen atoms in total. The van der Waals surface area contributed by atoms with E-state index in [2.05, 4.69) is 15.9 Å². The second-order valence-electron chi connectivity index (χ2n) is 3.77. The van der Waals surface area contributed by atoms with Gasteiger partial charge in [-0.05, 0) is 36.6 Å². The number of nitrogens with two attached hydrogens (primary N) is 1. The number of hydrogen-bond donors (Lipinski definition) is 1. The summed E-state index contributed by atoms with van der Waals surface area (Å²) in [6, 6.07) is 4.72. The predicted octanol–water partition coefficient (Wildman–Crippen LogP) is 2.88. The van der Waals surface area contributed by atoms with Crippen molar-refractivity contribution in [2.24, 2.45) is 5.73 Å². The molecule has 0 fully saturated rings. The van der Waals surface area contributed by atoms with E-state index in [0.29, 0.717) is 25.2 Å². The summed E-state index contributed by atoms with van der Waals surface area (Å²) in [5.41, 5.74) is 6.49. The van der Waals surface area contributed by atoms with E-state index in [1.165, 1.54) is 6.07 Å². The number of hydrogen-bond acceptors (Lipinski definition) is 2. The summed E-state index contributed by atoms with van der Waals surface area (Å²) < 4.78 is 19.6. The molecule has 1 atom stereocenters. The topological polar surface area (TPSA) is 35.2 Å². The third kappa shape index (κ3) is 4.60. The van der Waals surface area contributed by atoms with E-state index in [1.807, 2.05) is 6.92 Å². The van der Waals surface area contributed by atoms with Crippen molar-refractivity contribution >= 4 is 15.9 Å². The number of halogens is 2. The van der Waals surface area contributed by atoms with Crippen LogP contribution in [0.5, 0.6) is 0 Å². The summed E-state index contributed by atoms with van der Waals surface area (Å²) in [4.78, 5) is 0. The molecule has 0 heterocycles. The largest absolute Gasteiger partial charge is 0.380 e. The first-order chi connectivity index (χ1) is 7.63. The van der Waals surface area contributed by atoms with Crippen LogP contribution in [0.15, 0.2) is 22.7 Å². The van der Waals surface area contributed by atoms with Gasteiger partial charge in [0.2, 0.25) is 0 Å². The van der Waals surface area contributed by atoms with Gasteiger partial charge in [0.1, 0.15) is 5.82 Å². The Morgan fingerprint density at radius 3 is 2.94 bits per heavy atom. The Labute approximate surface area is 104 Å². The molecule has 0 radical (unpaired) electrons. The van der Waals surface area contributed by atoms with Crippen LogP contribution >= 0.6 is 15.9 Å². The van der Waals surface area contributed by atoms with Crippen LogP contribution in [-0.2, 0) is 11.2 Å². The Morgan fingerprint density at radius 1 is 1.50 bits per heavy atom. The van der Waals surface area contributed by atoms with Gasteiger partial charge < -0.3 is 10.5 Å². The molecule has 0 saturated heterocycles. The second-order valence-corrected chi connectivity index (χ2v) is 4.69. The van der Waals surface area contributed by atoms with Gasteiger partial charge in [0.15, 0.2) is 0 Å². The number of benzene rings is 1. The smallest absolute Gasteiger partial charge is 0.126 e. The molecule has 0 aromatic heterocycles. The summed E-state index contributed by atoms with van der Waals surface area (Å²) in [6.45, 7) is 3.22. The Bertz CT molecular complexity index is 333. The van der Waals surface area contributed by atoms with E-state index >= 15 is 0 Å². The van der Waals surface area contributed by atoms with Crippen LogP contribution in [0.25, 0.3) is 0 Å². The molecule has 1 unspecified atom stereocenters. The zero-order valence-electron chi connectivity index (χ0n) is 9.38. The van der Waals surface area contributed by atoms with Crippen molar-refractivity contribution in [1.29, 1.82) is 0 Å². The molecule has 4 heteroatoms. The maximum Gasteiger partial charge on any atom is 0.126 e. The van der Waals surface area contributed by atoms with E-state index < -0.39 is 0 Å². The Morgan fingerprint density at radius 2 is 2.25 bits per heavy atom. The van der Waals surface area contributed by atoms with Crippen molar-refractivity contribution in [3.63, 3.8) is 0 Å². The van der Waals surface area contributed by atoms with Crippen LogP contribution in [0.1, 0.15) is 18.9 Å². The molecular weight excluding hydrogens is 273 g/mol. The van der Waals surface area contributed by atoms with Crippen molar-refractivity contribution in [2.75, 3.05) is 13.2 Å². The first-order valence-electron chi connectivity index (χ1n) is 5.40. The summed E-state index contributed by atoms with van der Waals surface area (Å²) >= 11 is 3.31. The van der Waals surface area contributed by atoms with Gasteiger partial charge in [0.25, 0.3) is 0 Å². The molecule has 0 amide bonds. The summed E-state index contributed by atoms with van der Waals surface area (Å²) in [7, 11) is 0. The molecule has 90 valence electrons. The van der Waals surface area contributed by atoms with Crippen molar-refractivity contribution in [2.45, 2.75) is 25.8 Å². The molecular formula is C12H17BrFNO. The molecule has 0 bridgehead atoms. The maximum absolute atomic E-state index is 13.4. The fraction of sp³-hybridized carbons (Fsp3) is 0.500. The average molecular weight is 290 g/mol. The van der Waals surface area contributed by atoms with Crippen molar-refractivity contribution in [3.05, 3.63) is 34.1 Å². The summed E-state index contributed by atoms with van der Waals surface area (Å²) in [5, 5.41) is 0. The van der Waals surface area contributed by atoms with Crippen LogP contribution in [0, 0.1) is 5.82 Å². The predicted molar refractivity (Wildman–Crippen MR) is 66.9 cm³/mol. The normalized spacial score (nSPS) is 12.8. The van der Waals surface area contributed by atoms with Gasteiger partial charge in [-0.25, -0.2) is 4.39 Å². The van der Waals surface area contributed by atoms with E-state index in [1.54, 1.807) is 12.1 Å². The molecule has 0 saturated carbocycles. The van der Waals surface area contributed by atoms with Crippen molar-refractivity contribution in [1.82, 2.24) is 0 Å². The van der Waals surface area contributed by atoms with Crippen LogP contribution in [0.4, 0.5) is 4.39 Å². The van der Waals surface area contributed by atoms with Crippen molar-refractivity contribution in [3.8, 4) is 0 Å². The Kier molecular flexibility index (Phi) is 5.95. The maximum atomic E-state index is 13.4. The highest BCUT2D eigenvalue weighted by Gasteiger charge is 2.08. The van der Waals surface area contributed by atoms with Gasteiger partial charge in [-0.15, -0.1) is 0 Å². The van der Waals surface area contributed by atoms with Crippen LogP contribution in [0.2, 0.25) is 0 Å². The Hall–Kier alpha value is -0.450. The Balaban J connectivity index is 2.48. The molecule has 0 spiro atoms. The lowest BCUT2D eigenvalue weighted by atomic mass is 10.1. The molecule has 2 N–H and O–H groups in total. The zero-order chi connectivity index (χ0) is 12.0. The minimum atomic E-state index is -0.214. The third-order valence-corrected chi connectivity index (χ3v) is 2.66. The number of rotatable bonds is 6. The highest BCUT2D eigenvalue weighted by atomic mass is 79.9. The average Bonchev–Trinajstić information content (AvgIpc) is 2.24. The van der Waals surface area contributed by atoms with Crippen molar-refractivity contribution < 1.29 is 9.13 Å². The van der Waals surface area contributed by atoms with Gasteiger partial charge in [-0.1, -0.05) is 22.9 Å². The highest BCUT2D eigenvalue weighted by Crippen LogP contribution is 2.16. The van der Waals surface area contributed by atoms with Crippen LogP contribution < -0.4 is 5.73 Å². The van der Waals surface area contributed by atoms with Gasteiger partial charge in [0, 0.05) is 17.1 Å². The van der Waals surface area contributed by atoms with Gasteiger partial charge in [-0.2, -0.15) is 0 Å². The molecule has 1 aromatic carbocycles. The fourth-order valence-electron chi connectivity index (χ4n) is 1.42. The SMILES string of the molecule is CCCOCC(N)Cc1cc(Br)ccc1F. The molecule has 0 aliphatic heterocycles. The number of ether oxygens (including phenoxy) is 1. The minimum Gasteiger partial charge on any atom is -0.380 e. The van der Waals surface area contributed by atoms with Gasteiger partial charge in [-0.3, -0.25) is 0 Å². The van der Waals surface area contributed by atoms with E-state index in [-0.39, 0.29) is 11.9 Å². The van der Waals surface area contributed by atoms with E-state index in [0.717, 1.165) is 10.9 Å². The molecule has 0 aliphatic rings. The van der Waals surface area contributed by atoms with E-state index in [4.69, 9.17) is 10.5 Å². The summed E-state index contributed by atoms with van der Waals surface area (Å²) in [5.74, 6) is -0.214. The first kappa shape index (κ1) is 13.6. The van der Waals surface area contributed by atoms with Gasteiger partial charge in [0.05, 0.1) is 6.61 Å². The fourth-order valence-corrected chi connectivity index (χ4v) is 1.83. The highest BCUT2D eigenvalue weighted by molar-refractivity contribution is 9.10. The first-order valence-corrected chi connectivity index (χ1v) is 6.20. The van der Waals surface area contributed by atoms with Crippen LogP contribution in [-0.4, -0.2) is 19.3 Å². The third-order valence-electron chi connectivity index (χ3n) is 2.17. The van der Waals surface area contributed by atoms with E-state index in [9.17, 15) is 4.39 Å². The van der Waals surface area contributed by atoms with Gasteiger partial charge >= 0.3 is 0 Å². The monoisotopic (exact) mass is 289 g/mol. The lowest BCUT2D eigenvalue weighted by molar-refractivity contribution is 0.121. The minimum absolute atomic E-state index is 0.157. The molecule has 1 aromatic rings. The lowest BCUT2D eigenvalue weighted by Crippen LogP contribution is -2.29. The lowest BCUT2D eigenvalue weighted by Gasteiger charge is -2.12. The summed E-state index contributed by atoms with van der Waals surface area (Å²) in [6.07, 6.45) is 1.47. The molecule has 16 heavy (non-hydrogen) atoms. The second kappa shape index (κ2) is 6.99. The molecule has 0 aliphatic carbocycles. The molecule has 1 rings (SSSR count). The zero-order valence-corrected chi connectivity index (χ0v) is 11.0. The van der Waals surface area contributed by atoms with Crippen LogP contribution in [0.3, 0.4) is 0 Å².